The molecule has 1 aromatic carbocycles. The van der Waals surface area contributed by atoms with Gasteiger partial charge in [-0.3, -0.25) is 4.79 Å². The molecule has 8 heteroatoms. The van der Waals surface area contributed by atoms with Crippen molar-refractivity contribution >= 4 is 31.9 Å². The van der Waals surface area contributed by atoms with Crippen LogP contribution in [0.15, 0.2) is 27.6 Å². The molecule has 1 aliphatic rings. The number of nitrogens with two attached hydrogens (primary N) is 1. The van der Waals surface area contributed by atoms with E-state index in [4.69, 9.17) is 9.88 Å². The summed E-state index contributed by atoms with van der Waals surface area (Å²) in [6.45, 7) is 1.18. The van der Waals surface area contributed by atoms with E-state index in [0.717, 1.165) is 12.8 Å². The van der Waals surface area contributed by atoms with Crippen molar-refractivity contribution in [1.82, 2.24) is 4.90 Å². The third-order valence-electron chi connectivity index (χ3n) is 3.51. The second-order valence-corrected chi connectivity index (χ2v) is 7.42. The minimum absolute atomic E-state index is 0.0768. The molecule has 2 rings (SSSR count). The molecular formula is C13H17BrN2O4S. The molecule has 116 valence electrons. The average molecular weight is 377 g/mol. The van der Waals surface area contributed by atoms with Crippen LogP contribution in [0.1, 0.15) is 23.2 Å². The first-order chi connectivity index (χ1) is 9.81. The Bertz CT molecular complexity index is 640. The first kappa shape index (κ1) is 16.4. The number of primary sulfonamides is 1. The number of amides is 1. The van der Waals surface area contributed by atoms with Gasteiger partial charge in [-0.1, -0.05) is 15.9 Å². The number of rotatable bonds is 3. The number of piperidine rings is 1. The zero-order valence-corrected chi connectivity index (χ0v) is 14.0. The van der Waals surface area contributed by atoms with Crippen molar-refractivity contribution in [2.24, 2.45) is 5.14 Å². The summed E-state index contributed by atoms with van der Waals surface area (Å²) in [5.41, 5.74) is 0.310. The summed E-state index contributed by atoms with van der Waals surface area (Å²) in [6, 6.07) is 4.29. The number of hydrogen-bond donors (Lipinski definition) is 1. The molecule has 0 aromatic heterocycles. The molecule has 1 heterocycles. The maximum atomic E-state index is 12.5. The molecule has 21 heavy (non-hydrogen) atoms. The zero-order valence-electron chi connectivity index (χ0n) is 11.6. The maximum Gasteiger partial charge on any atom is 0.253 e. The Labute approximate surface area is 132 Å². The monoisotopic (exact) mass is 376 g/mol. The minimum atomic E-state index is -3.85. The highest BCUT2D eigenvalue weighted by Gasteiger charge is 2.24. The molecule has 0 saturated carbocycles. The lowest BCUT2D eigenvalue weighted by Crippen LogP contribution is -2.40. The van der Waals surface area contributed by atoms with E-state index >= 15 is 0 Å². The molecule has 0 bridgehead atoms. The summed E-state index contributed by atoms with van der Waals surface area (Å²) >= 11 is 3.21. The maximum absolute atomic E-state index is 12.5. The molecule has 1 saturated heterocycles. The van der Waals surface area contributed by atoms with Gasteiger partial charge in [0, 0.05) is 30.2 Å². The highest BCUT2D eigenvalue weighted by atomic mass is 79.9. The number of carbonyl (C=O) groups is 1. The lowest BCUT2D eigenvalue weighted by atomic mass is 10.1. The molecule has 1 aliphatic heterocycles. The average Bonchev–Trinajstić information content (AvgIpc) is 2.45. The predicted octanol–water partition coefficient (Wildman–Crippen LogP) is 1.35. The fourth-order valence-corrected chi connectivity index (χ4v) is 3.55. The fraction of sp³-hybridized carbons (Fsp3) is 0.462. The van der Waals surface area contributed by atoms with E-state index in [-0.39, 0.29) is 16.9 Å². The summed E-state index contributed by atoms with van der Waals surface area (Å²) in [5, 5.41) is 5.12. The van der Waals surface area contributed by atoms with Gasteiger partial charge in [-0.25, -0.2) is 13.6 Å². The Hall–Kier alpha value is -0.960. The SMILES string of the molecule is COC1CCN(C(=O)c2cc(Br)cc(S(N)(=O)=O)c2)CC1. The number of hydrogen-bond acceptors (Lipinski definition) is 4. The second-order valence-electron chi connectivity index (χ2n) is 4.95. The van der Waals surface area contributed by atoms with Crippen LogP contribution in [0.4, 0.5) is 0 Å². The van der Waals surface area contributed by atoms with Crippen molar-refractivity contribution in [2.45, 2.75) is 23.8 Å². The Morgan fingerprint density at radius 3 is 2.48 bits per heavy atom. The van der Waals surface area contributed by atoms with Crippen molar-refractivity contribution in [3.63, 3.8) is 0 Å². The van der Waals surface area contributed by atoms with Crippen molar-refractivity contribution < 1.29 is 17.9 Å². The highest BCUT2D eigenvalue weighted by Crippen LogP contribution is 2.22. The molecule has 1 amide bonds. The molecule has 1 fully saturated rings. The van der Waals surface area contributed by atoms with E-state index in [1.54, 1.807) is 18.1 Å². The number of sulfonamides is 1. The Kier molecular flexibility index (Phi) is 5.03. The number of likely N-dealkylation sites (tertiary alicyclic amines) is 1. The summed E-state index contributed by atoms with van der Waals surface area (Å²) < 4.78 is 28.6. The van der Waals surface area contributed by atoms with Crippen molar-refractivity contribution in [3.05, 3.63) is 28.2 Å². The van der Waals surface area contributed by atoms with Gasteiger partial charge < -0.3 is 9.64 Å². The predicted molar refractivity (Wildman–Crippen MR) is 81.4 cm³/mol. The van der Waals surface area contributed by atoms with Crippen LogP contribution in [0.2, 0.25) is 0 Å². The van der Waals surface area contributed by atoms with E-state index in [1.165, 1.54) is 12.1 Å². The van der Waals surface area contributed by atoms with Crippen LogP contribution in [-0.2, 0) is 14.8 Å². The molecule has 6 nitrogen and oxygen atoms in total. The van der Waals surface area contributed by atoms with Gasteiger partial charge >= 0.3 is 0 Å². The van der Waals surface area contributed by atoms with Gasteiger partial charge in [-0.2, -0.15) is 0 Å². The first-order valence-electron chi connectivity index (χ1n) is 6.46. The number of ether oxygens (including phenoxy) is 1. The van der Waals surface area contributed by atoms with Gasteiger partial charge in [0.05, 0.1) is 11.0 Å². The van der Waals surface area contributed by atoms with Gasteiger partial charge in [0.25, 0.3) is 5.91 Å². The van der Waals surface area contributed by atoms with Gasteiger partial charge in [-0.05, 0) is 31.0 Å². The Balaban J connectivity index is 2.22. The van der Waals surface area contributed by atoms with Crippen molar-refractivity contribution in [3.8, 4) is 0 Å². The third kappa shape index (κ3) is 4.03. The molecule has 0 spiro atoms. The van der Waals surface area contributed by atoms with Crippen LogP contribution in [0.5, 0.6) is 0 Å². The van der Waals surface area contributed by atoms with E-state index in [1.807, 2.05) is 0 Å². The topological polar surface area (TPSA) is 89.7 Å². The van der Waals surface area contributed by atoms with Crippen LogP contribution >= 0.6 is 15.9 Å². The normalized spacial score (nSPS) is 17.0. The number of carbonyl (C=O) groups excluding carboxylic acids is 1. The summed E-state index contributed by atoms with van der Waals surface area (Å²) in [7, 11) is -2.18. The van der Waals surface area contributed by atoms with E-state index < -0.39 is 10.0 Å². The van der Waals surface area contributed by atoms with Crippen LogP contribution in [0.25, 0.3) is 0 Å². The van der Waals surface area contributed by atoms with Gasteiger partial charge in [-0.15, -0.1) is 0 Å². The second kappa shape index (κ2) is 6.43. The molecular weight excluding hydrogens is 360 g/mol. The number of benzene rings is 1. The molecule has 0 atom stereocenters. The van der Waals surface area contributed by atoms with E-state index in [2.05, 4.69) is 15.9 Å². The van der Waals surface area contributed by atoms with Crippen molar-refractivity contribution in [2.75, 3.05) is 20.2 Å². The Morgan fingerprint density at radius 1 is 1.33 bits per heavy atom. The first-order valence-corrected chi connectivity index (χ1v) is 8.80. The van der Waals surface area contributed by atoms with Crippen LogP contribution in [-0.4, -0.2) is 45.5 Å². The van der Waals surface area contributed by atoms with E-state index in [9.17, 15) is 13.2 Å². The summed E-state index contributed by atoms with van der Waals surface area (Å²) in [6.07, 6.45) is 1.73. The quantitative estimate of drug-likeness (QED) is 0.861. The molecule has 2 N–H and O–H groups in total. The smallest absolute Gasteiger partial charge is 0.253 e. The molecule has 0 unspecified atom stereocenters. The highest BCUT2D eigenvalue weighted by molar-refractivity contribution is 9.10. The zero-order chi connectivity index (χ0) is 15.6. The van der Waals surface area contributed by atoms with Crippen LogP contribution in [0.3, 0.4) is 0 Å². The van der Waals surface area contributed by atoms with E-state index in [0.29, 0.717) is 23.1 Å². The third-order valence-corrected chi connectivity index (χ3v) is 4.86. The van der Waals surface area contributed by atoms with Gasteiger partial charge in [0.1, 0.15) is 0 Å². The largest absolute Gasteiger partial charge is 0.381 e. The minimum Gasteiger partial charge on any atom is -0.381 e. The Morgan fingerprint density at radius 2 is 1.95 bits per heavy atom. The molecule has 1 aromatic rings. The molecule has 0 aliphatic carbocycles. The number of methoxy groups -OCH3 is 1. The summed E-state index contributed by atoms with van der Waals surface area (Å²) in [5.74, 6) is -0.198. The summed E-state index contributed by atoms with van der Waals surface area (Å²) in [4.78, 5) is 14.1. The fourth-order valence-electron chi connectivity index (χ4n) is 2.33. The standard InChI is InChI=1S/C13H17BrN2O4S/c1-20-11-2-4-16(5-3-11)13(17)9-6-10(14)8-12(7-9)21(15,18)19/h6-8,11H,2-5H2,1H3,(H2,15,18,19). The van der Waals surface area contributed by atoms with Crippen LogP contribution in [0, 0.1) is 0 Å². The lowest BCUT2D eigenvalue weighted by molar-refractivity contribution is 0.0350. The molecule has 0 radical (unpaired) electrons. The van der Waals surface area contributed by atoms with Gasteiger partial charge in [0.15, 0.2) is 0 Å². The van der Waals surface area contributed by atoms with Gasteiger partial charge in [0.2, 0.25) is 10.0 Å². The van der Waals surface area contributed by atoms with Crippen LogP contribution < -0.4 is 5.14 Å². The number of nitrogens with zero attached hydrogens (tertiary/aromatic N) is 1. The lowest BCUT2D eigenvalue weighted by Gasteiger charge is -2.31. The number of halogens is 1. The van der Waals surface area contributed by atoms with Crippen molar-refractivity contribution in [1.29, 1.82) is 0 Å².